The second kappa shape index (κ2) is 7.33. The molecule has 1 atom stereocenters. The molecule has 1 saturated heterocycles. The van der Waals surface area contributed by atoms with Gasteiger partial charge in [-0.1, -0.05) is 6.07 Å². The van der Waals surface area contributed by atoms with Crippen LogP contribution < -0.4 is 0 Å². The van der Waals surface area contributed by atoms with Crippen molar-refractivity contribution in [3.8, 4) is 11.1 Å². The molecule has 150 valence electrons. The number of pyridine rings is 1. The van der Waals surface area contributed by atoms with E-state index in [2.05, 4.69) is 19.9 Å². The summed E-state index contributed by atoms with van der Waals surface area (Å²) >= 11 is 0. The predicted molar refractivity (Wildman–Crippen MR) is 111 cm³/mol. The van der Waals surface area contributed by atoms with Gasteiger partial charge in [0, 0.05) is 47.2 Å². The molecule has 0 saturated carbocycles. The summed E-state index contributed by atoms with van der Waals surface area (Å²) in [6, 6.07) is 8.40. The van der Waals surface area contributed by atoms with Gasteiger partial charge < -0.3 is 9.88 Å². The molecule has 3 aromatic heterocycles. The van der Waals surface area contributed by atoms with Crippen LogP contribution in [0.2, 0.25) is 0 Å². The number of aromatic amines is 1. The molecule has 0 radical (unpaired) electrons. The minimum atomic E-state index is -0.309. The molecule has 4 aromatic rings. The third-order valence-electron chi connectivity index (χ3n) is 5.77. The number of hydrogen-bond donors (Lipinski definition) is 1. The summed E-state index contributed by atoms with van der Waals surface area (Å²) in [6.07, 6.45) is 8.56. The zero-order chi connectivity index (χ0) is 20.7. The summed E-state index contributed by atoms with van der Waals surface area (Å²) in [5.74, 6) is -0.385. The van der Waals surface area contributed by atoms with Crippen molar-refractivity contribution in [2.45, 2.75) is 25.8 Å². The molecule has 4 heterocycles. The molecule has 1 fully saturated rings. The SMILES string of the molecule is Cc1c(C(=O)N2CCC[C@H]2c2ccc(-c3cncnc3)cn2)[nH]c2ccc(F)cc12. The van der Waals surface area contributed by atoms with Crippen molar-refractivity contribution < 1.29 is 9.18 Å². The monoisotopic (exact) mass is 401 g/mol. The van der Waals surface area contributed by atoms with E-state index in [-0.39, 0.29) is 17.8 Å². The predicted octanol–water partition coefficient (Wildman–Crippen LogP) is 4.44. The number of H-pyrrole nitrogens is 1. The fourth-order valence-corrected chi connectivity index (χ4v) is 4.19. The fourth-order valence-electron chi connectivity index (χ4n) is 4.19. The van der Waals surface area contributed by atoms with Crippen molar-refractivity contribution in [2.75, 3.05) is 6.54 Å². The van der Waals surface area contributed by atoms with Crippen LogP contribution in [0.5, 0.6) is 0 Å². The quantitative estimate of drug-likeness (QED) is 0.551. The Bertz CT molecular complexity index is 1220. The largest absolute Gasteiger partial charge is 0.350 e. The number of hydrogen-bond acceptors (Lipinski definition) is 4. The Balaban J connectivity index is 1.44. The summed E-state index contributed by atoms with van der Waals surface area (Å²) < 4.78 is 13.6. The second-order valence-corrected chi connectivity index (χ2v) is 7.57. The van der Waals surface area contributed by atoms with Crippen LogP contribution in [0.15, 0.2) is 55.2 Å². The number of benzene rings is 1. The number of nitrogens with zero attached hydrogens (tertiary/aromatic N) is 4. The van der Waals surface area contributed by atoms with Crippen LogP contribution in [0.4, 0.5) is 4.39 Å². The molecule has 6 nitrogen and oxygen atoms in total. The molecule has 1 amide bonds. The van der Waals surface area contributed by atoms with Gasteiger partial charge in [0.1, 0.15) is 17.8 Å². The lowest BCUT2D eigenvalue weighted by atomic mass is 10.1. The van der Waals surface area contributed by atoms with Gasteiger partial charge in [0.2, 0.25) is 0 Å². The second-order valence-electron chi connectivity index (χ2n) is 7.57. The standard InChI is InChI=1S/C23H20FN5O/c1-14-18-9-17(24)5-7-19(18)28-22(14)23(30)29-8-2-3-21(29)20-6-4-15(12-27-20)16-10-25-13-26-11-16/h4-7,9-13,21,28H,2-3,8H2,1H3/t21-/m0/s1. The zero-order valence-corrected chi connectivity index (χ0v) is 16.5. The van der Waals surface area contributed by atoms with Gasteiger partial charge in [-0.2, -0.15) is 0 Å². The number of aryl methyl sites for hydroxylation is 1. The fraction of sp³-hybridized carbons (Fsp3) is 0.217. The van der Waals surface area contributed by atoms with Crippen LogP contribution in [0.1, 0.15) is 40.6 Å². The van der Waals surface area contributed by atoms with E-state index in [1.54, 1.807) is 24.7 Å². The van der Waals surface area contributed by atoms with Gasteiger partial charge in [0.25, 0.3) is 5.91 Å². The molecule has 7 heteroatoms. The normalized spacial score (nSPS) is 16.3. The third-order valence-corrected chi connectivity index (χ3v) is 5.77. The minimum Gasteiger partial charge on any atom is -0.350 e. The smallest absolute Gasteiger partial charge is 0.271 e. The van der Waals surface area contributed by atoms with Crippen LogP contribution >= 0.6 is 0 Å². The highest BCUT2D eigenvalue weighted by molar-refractivity contribution is 6.01. The Morgan fingerprint density at radius 3 is 2.73 bits per heavy atom. The molecule has 1 N–H and O–H groups in total. The minimum absolute atomic E-state index is 0.0751. The van der Waals surface area contributed by atoms with Gasteiger partial charge in [-0.3, -0.25) is 9.78 Å². The maximum absolute atomic E-state index is 13.6. The number of fused-ring (bicyclic) bond motifs is 1. The van der Waals surface area contributed by atoms with E-state index in [4.69, 9.17) is 0 Å². The van der Waals surface area contributed by atoms with Crippen LogP contribution in [0.25, 0.3) is 22.0 Å². The molecule has 30 heavy (non-hydrogen) atoms. The lowest BCUT2D eigenvalue weighted by Crippen LogP contribution is -2.31. The van der Waals surface area contributed by atoms with Crippen molar-refractivity contribution >= 4 is 16.8 Å². The summed E-state index contributed by atoms with van der Waals surface area (Å²) in [7, 11) is 0. The van der Waals surface area contributed by atoms with Crippen LogP contribution in [-0.2, 0) is 0 Å². The van der Waals surface area contributed by atoms with Gasteiger partial charge in [0.05, 0.1) is 11.7 Å². The first-order chi connectivity index (χ1) is 14.6. The lowest BCUT2D eigenvalue weighted by Gasteiger charge is -2.24. The summed E-state index contributed by atoms with van der Waals surface area (Å²) in [6.45, 7) is 2.52. The van der Waals surface area contributed by atoms with Crippen molar-refractivity contribution in [1.29, 1.82) is 0 Å². The average molecular weight is 401 g/mol. The Kier molecular flexibility index (Phi) is 4.50. The number of nitrogens with one attached hydrogen (secondary N) is 1. The summed E-state index contributed by atoms with van der Waals surface area (Å²) in [5, 5.41) is 0.738. The van der Waals surface area contributed by atoms with Crippen molar-refractivity contribution in [3.05, 3.63) is 78.0 Å². The Morgan fingerprint density at radius 2 is 1.97 bits per heavy atom. The molecule has 1 aliphatic heterocycles. The number of halogens is 1. The van der Waals surface area contributed by atoms with Crippen molar-refractivity contribution in [2.24, 2.45) is 0 Å². The van der Waals surface area contributed by atoms with Crippen LogP contribution in [0.3, 0.4) is 0 Å². The van der Waals surface area contributed by atoms with Gasteiger partial charge in [-0.05, 0) is 49.6 Å². The zero-order valence-electron chi connectivity index (χ0n) is 16.5. The number of carbonyl (C=O) groups excluding carboxylic acids is 1. The Morgan fingerprint density at radius 1 is 1.13 bits per heavy atom. The van der Waals surface area contributed by atoms with E-state index in [0.29, 0.717) is 12.2 Å². The number of amides is 1. The van der Waals surface area contributed by atoms with Gasteiger partial charge >= 0.3 is 0 Å². The van der Waals surface area contributed by atoms with Gasteiger partial charge in [0.15, 0.2) is 0 Å². The first-order valence-electron chi connectivity index (χ1n) is 9.92. The van der Waals surface area contributed by atoms with Crippen molar-refractivity contribution in [1.82, 2.24) is 24.8 Å². The molecular formula is C23H20FN5O. The summed E-state index contributed by atoms with van der Waals surface area (Å²) in [4.78, 5) is 31.1. The van der Waals surface area contributed by atoms with Crippen molar-refractivity contribution in [3.63, 3.8) is 0 Å². The summed E-state index contributed by atoms with van der Waals surface area (Å²) in [5.41, 5.74) is 4.75. The molecule has 5 rings (SSSR count). The van der Waals surface area contributed by atoms with E-state index in [1.807, 2.05) is 24.0 Å². The van der Waals surface area contributed by atoms with E-state index >= 15 is 0 Å². The molecule has 0 unspecified atom stereocenters. The van der Waals surface area contributed by atoms with Crippen LogP contribution in [-0.4, -0.2) is 37.3 Å². The number of carbonyl (C=O) groups is 1. The lowest BCUT2D eigenvalue weighted by molar-refractivity contribution is 0.0727. The topological polar surface area (TPSA) is 74.8 Å². The first-order valence-corrected chi connectivity index (χ1v) is 9.92. The maximum atomic E-state index is 13.6. The van der Waals surface area contributed by atoms with E-state index in [0.717, 1.165) is 46.1 Å². The number of rotatable bonds is 3. The van der Waals surface area contributed by atoms with Crippen LogP contribution in [0, 0.1) is 12.7 Å². The highest BCUT2D eigenvalue weighted by Crippen LogP contribution is 2.34. The average Bonchev–Trinajstić information content (AvgIpc) is 3.39. The third kappa shape index (κ3) is 3.12. The molecule has 1 aromatic carbocycles. The maximum Gasteiger partial charge on any atom is 0.271 e. The highest BCUT2D eigenvalue weighted by Gasteiger charge is 2.33. The van der Waals surface area contributed by atoms with E-state index < -0.39 is 0 Å². The molecule has 0 bridgehead atoms. The Labute approximate surface area is 172 Å². The molecule has 1 aliphatic rings. The van der Waals surface area contributed by atoms with E-state index in [9.17, 15) is 9.18 Å². The van der Waals surface area contributed by atoms with E-state index in [1.165, 1.54) is 18.5 Å². The molecule has 0 spiro atoms. The highest BCUT2D eigenvalue weighted by atomic mass is 19.1. The first kappa shape index (κ1) is 18.4. The van der Waals surface area contributed by atoms with Gasteiger partial charge in [-0.25, -0.2) is 14.4 Å². The molecular weight excluding hydrogens is 381 g/mol. The number of likely N-dealkylation sites (tertiary alicyclic amines) is 1. The molecule has 0 aliphatic carbocycles. The van der Waals surface area contributed by atoms with Gasteiger partial charge in [-0.15, -0.1) is 0 Å². The number of aromatic nitrogens is 4. The Hall–Kier alpha value is -3.61.